The van der Waals surface area contributed by atoms with Crippen LogP contribution >= 0.6 is 11.6 Å². The van der Waals surface area contributed by atoms with Crippen LogP contribution in [0.1, 0.15) is 31.4 Å². The number of halogens is 1. The van der Waals surface area contributed by atoms with Crippen molar-refractivity contribution in [3.05, 3.63) is 34.9 Å². The van der Waals surface area contributed by atoms with E-state index in [1.54, 1.807) is 11.9 Å². The van der Waals surface area contributed by atoms with E-state index in [1.165, 1.54) is 0 Å². The van der Waals surface area contributed by atoms with Crippen LogP contribution < -0.4 is 5.73 Å². The number of carbonyl (C=O) groups excluding carboxylic acids is 1. The number of likely N-dealkylation sites (N-methyl/N-ethyl adjacent to an activating group) is 1. The zero-order valence-corrected chi connectivity index (χ0v) is 12.7. The van der Waals surface area contributed by atoms with Crippen LogP contribution in [0.25, 0.3) is 0 Å². The van der Waals surface area contributed by atoms with E-state index >= 15 is 0 Å². The number of benzene rings is 1. The minimum Gasteiger partial charge on any atom is -0.381 e. The highest BCUT2D eigenvalue weighted by Crippen LogP contribution is 2.26. The molecule has 1 atom stereocenters. The van der Waals surface area contributed by atoms with E-state index in [2.05, 4.69) is 0 Å². The van der Waals surface area contributed by atoms with E-state index in [0.717, 1.165) is 5.56 Å². The Labute approximate surface area is 124 Å². The Bertz CT molecular complexity index is 469. The van der Waals surface area contributed by atoms with Crippen LogP contribution in [0.2, 0.25) is 5.02 Å². The van der Waals surface area contributed by atoms with Crippen LogP contribution in [-0.4, -0.2) is 36.6 Å². The van der Waals surface area contributed by atoms with E-state index in [9.17, 15) is 4.79 Å². The Morgan fingerprint density at radius 3 is 2.45 bits per heavy atom. The number of hydrogen-bond donors (Lipinski definition) is 1. The zero-order valence-electron chi connectivity index (χ0n) is 11.9. The number of nitrogens with two attached hydrogens (primary N) is 1. The summed E-state index contributed by atoms with van der Waals surface area (Å²) in [5.41, 5.74) is 6.50. The summed E-state index contributed by atoms with van der Waals surface area (Å²) in [6.45, 7) is 3.08. The average Bonchev–Trinajstić information content (AvgIpc) is 2.46. The van der Waals surface area contributed by atoms with Gasteiger partial charge in [0.1, 0.15) is 0 Å². The predicted octanol–water partition coefficient (Wildman–Crippen LogP) is 2.37. The lowest BCUT2D eigenvalue weighted by Crippen LogP contribution is -2.57. The lowest BCUT2D eigenvalue weighted by molar-refractivity contribution is -0.141. The van der Waals surface area contributed by atoms with Crippen LogP contribution in [0.4, 0.5) is 0 Å². The molecule has 1 aromatic carbocycles. The maximum Gasteiger partial charge on any atom is 0.243 e. The third kappa shape index (κ3) is 3.14. The molecule has 1 aliphatic rings. The maximum atomic E-state index is 12.6. The van der Waals surface area contributed by atoms with Crippen molar-refractivity contribution < 1.29 is 9.53 Å². The SMILES string of the molecule is CC(c1ccc(Cl)cc1)N(C)C(=O)C1(N)CCOCC1. The van der Waals surface area contributed by atoms with Gasteiger partial charge in [0.15, 0.2) is 0 Å². The monoisotopic (exact) mass is 296 g/mol. The minimum atomic E-state index is -0.798. The molecule has 20 heavy (non-hydrogen) atoms. The molecule has 1 aliphatic heterocycles. The van der Waals surface area contributed by atoms with Gasteiger partial charge in [0, 0.05) is 25.3 Å². The summed E-state index contributed by atoms with van der Waals surface area (Å²) in [6.07, 6.45) is 1.15. The second-order valence-corrected chi connectivity index (χ2v) is 5.85. The summed E-state index contributed by atoms with van der Waals surface area (Å²) in [6, 6.07) is 7.49. The van der Waals surface area contributed by atoms with Gasteiger partial charge in [0.25, 0.3) is 0 Å². The van der Waals surface area contributed by atoms with Crippen LogP contribution in [0, 0.1) is 0 Å². The van der Waals surface area contributed by atoms with E-state index < -0.39 is 5.54 Å². The Morgan fingerprint density at radius 2 is 1.90 bits per heavy atom. The van der Waals surface area contributed by atoms with Gasteiger partial charge < -0.3 is 15.4 Å². The zero-order chi connectivity index (χ0) is 14.8. The first-order chi connectivity index (χ1) is 9.44. The molecule has 1 aromatic rings. The molecule has 5 heteroatoms. The molecule has 1 fully saturated rings. The number of rotatable bonds is 3. The molecule has 2 N–H and O–H groups in total. The highest BCUT2D eigenvalue weighted by molar-refractivity contribution is 6.30. The summed E-state index contributed by atoms with van der Waals surface area (Å²) in [5, 5.41) is 0.689. The highest BCUT2D eigenvalue weighted by Gasteiger charge is 2.39. The predicted molar refractivity (Wildman–Crippen MR) is 79.6 cm³/mol. The molecule has 2 rings (SSSR count). The summed E-state index contributed by atoms with van der Waals surface area (Å²) in [7, 11) is 1.80. The van der Waals surface area contributed by atoms with Gasteiger partial charge in [-0.2, -0.15) is 0 Å². The van der Waals surface area contributed by atoms with E-state index in [1.807, 2.05) is 31.2 Å². The number of ether oxygens (including phenoxy) is 1. The number of amides is 1. The van der Waals surface area contributed by atoms with Gasteiger partial charge in [0.05, 0.1) is 11.6 Å². The van der Waals surface area contributed by atoms with Crippen molar-refractivity contribution in [1.29, 1.82) is 0 Å². The largest absolute Gasteiger partial charge is 0.381 e. The van der Waals surface area contributed by atoms with Crippen molar-refractivity contribution in [2.24, 2.45) is 5.73 Å². The third-order valence-electron chi connectivity index (χ3n) is 4.06. The molecule has 1 unspecified atom stereocenters. The van der Waals surface area contributed by atoms with Crippen molar-refractivity contribution in [2.45, 2.75) is 31.3 Å². The first-order valence-electron chi connectivity index (χ1n) is 6.83. The molecule has 0 radical (unpaired) electrons. The van der Waals surface area contributed by atoms with Crippen molar-refractivity contribution in [1.82, 2.24) is 4.90 Å². The lowest BCUT2D eigenvalue weighted by atomic mass is 9.89. The minimum absolute atomic E-state index is 0.0248. The van der Waals surface area contributed by atoms with Crippen LogP contribution in [0.3, 0.4) is 0 Å². The second kappa shape index (κ2) is 6.12. The van der Waals surface area contributed by atoms with Gasteiger partial charge in [-0.05, 0) is 37.5 Å². The van der Waals surface area contributed by atoms with Crippen molar-refractivity contribution >= 4 is 17.5 Å². The summed E-state index contributed by atoms with van der Waals surface area (Å²) >= 11 is 5.89. The number of carbonyl (C=O) groups is 1. The Kier molecular flexibility index (Phi) is 4.68. The fraction of sp³-hybridized carbons (Fsp3) is 0.533. The topological polar surface area (TPSA) is 55.6 Å². The van der Waals surface area contributed by atoms with Crippen molar-refractivity contribution in [2.75, 3.05) is 20.3 Å². The smallest absolute Gasteiger partial charge is 0.243 e. The lowest BCUT2D eigenvalue weighted by Gasteiger charge is -2.37. The van der Waals surface area contributed by atoms with Gasteiger partial charge in [-0.3, -0.25) is 4.79 Å². The Balaban J connectivity index is 2.11. The standard InChI is InChI=1S/C15H21ClN2O2/c1-11(12-3-5-13(16)6-4-12)18(2)14(19)15(17)7-9-20-10-8-15/h3-6,11H,7-10,17H2,1-2H3. The van der Waals surface area contributed by atoms with E-state index in [4.69, 9.17) is 22.1 Å². The molecule has 4 nitrogen and oxygen atoms in total. The second-order valence-electron chi connectivity index (χ2n) is 5.41. The Morgan fingerprint density at radius 1 is 1.35 bits per heavy atom. The molecule has 1 saturated heterocycles. The van der Waals surface area contributed by atoms with E-state index in [0.29, 0.717) is 31.1 Å². The molecule has 0 aliphatic carbocycles. The summed E-state index contributed by atoms with van der Waals surface area (Å²) < 4.78 is 5.29. The molecule has 0 bridgehead atoms. The molecule has 0 spiro atoms. The summed E-state index contributed by atoms with van der Waals surface area (Å²) in [4.78, 5) is 14.3. The van der Waals surface area contributed by atoms with Crippen LogP contribution in [0.5, 0.6) is 0 Å². The van der Waals surface area contributed by atoms with Crippen molar-refractivity contribution in [3.63, 3.8) is 0 Å². The van der Waals surface area contributed by atoms with Gasteiger partial charge in [0.2, 0.25) is 5.91 Å². The normalized spacial score (nSPS) is 19.4. The molecule has 1 amide bonds. The fourth-order valence-electron chi connectivity index (χ4n) is 2.44. The molecule has 110 valence electrons. The fourth-order valence-corrected chi connectivity index (χ4v) is 2.57. The number of hydrogen-bond acceptors (Lipinski definition) is 3. The van der Waals surface area contributed by atoms with Crippen molar-refractivity contribution in [3.8, 4) is 0 Å². The average molecular weight is 297 g/mol. The first kappa shape index (κ1) is 15.3. The summed E-state index contributed by atoms with van der Waals surface area (Å²) in [5.74, 6) is -0.0248. The van der Waals surface area contributed by atoms with E-state index in [-0.39, 0.29) is 11.9 Å². The maximum absolute atomic E-state index is 12.6. The molecule has 0 aromatic heterocycles. The van der Waals surface area contributed by atoms with Crippen LogP contribution in [0.15, 0.2) is 24.3 Å². The quantitative estimate of drug-likeness (QED) is 0.931. The van der Waals surface area contributed by atoms with Gasteiger partial charge in [-0.25, -0.2) is 0 Å². The molecule has 1 heterocycles. The number of nitrogens with zero attached hydrogens (tertiary/aromatic N) is 1. The Hall–Kier alpha value is -1.10. The van der Waals surface area contributed by atoms with Crippen LogP contribution in [-0.2, 0) is 9.53 Å². The third-order valence-corrected chi connectivity index (χ3v) is 4.32. The first-order valence-corrected chi connectivity index (χ1v) is 7.21. The molecular formula is C15H21ClN2O2. The highest BCUT2D eigenvalue weighted by atomic mass is 35.5. The molecule has 0 saturated carbocycles. The van der Waals surface area contributed by atoms with Gasteiger partial charge >= 0.3 is 0 Å². The van der Waals surface area contributed by atoms with Gasteiger partial charge in [-0.15, -0.1) is 0 Å². The van der Waals surface area contributed by atoms with Gasteiger partial charge in [-0.1, -0.05) is 23.7 Å². The molecular weight excluding hydrogens is 276 g/mol.